The Labute approximate surface area is 136 Å². The van der Waals surface area contributed by atoms with E-state index >= 15 is 0 Å². The number of para-hydroxylation sites is 1. The second-order valence-electron chi connectivity index (χ2n) is 4.71. The zero-order chi connectivity index (χ0) is 14.1. The topological polar surface area (TPSA) is 35.0 Å². The molecule has 20 heavy (non-hydrogen) atoms. The number of benzene rings is 1. The lowest BCUT2D eigenvalue weighted by Crippen LogP contribution is -2.18. The number of nitrogens with zero attached hydrogens (tertiary/aromatic N) is 2. The molecule has 0 spiro atoms. The Hall–Kier alpha value is -0.880. The summed E-state index contributed by atoms with van der Waals surface area (Å²) in [6.07, 6.45) is 1.75. The summed E-state index contributed by atoms with van der Waals surface area (Å²) in [5.74, 6) is 1.91. The number of hydrogen-bond acceptors (Lipinski definition) is 3. The van der Waals surface area contributed by atoms with Gasteiger partial charge in [-0.05, 0) is 41.5 Å². The standard InChI is InChI=1S/C15H14ClIN2O/c1-2-11-13(17)14(16)19-15(18-11)10-7-8-20-12-6-4-3-5-9(10)12/h3-6,10H,2,7-8H2,1H3. The lowest BCUT2D eigenvalue weighted by molar-refractivity contribution is 0.274. The fourth-order valence-electron chi connectivity index (χ4n) is 2.48. The van der Waals surface area contributed by atoms with Crippen molar-refractivity contribution in [2.75, 3.05) is 6.61 Å². The van der Waals surface area contributed by atoms with Crippen LogP contribution >= 0.6 is 34.2 Å². The van der Waals surface area contributed by atoms with Crippen LogP contribution in [0.5, 0.6) is 5.75 Å². The summed E-state index contributed by atoms with van der Waals surface area (Å²) in [7, 11) is 0. The van der Waals surface area contributed by atoms with Gasteiger partial charge < -0.3 is 4.74 Å². The molecule has 1 unspecified atom stereocenters. The van der Waals surface area contributed by atoms with Gasteiger partial charge in [0.25, 0.3) is 0 Å². The third kappa shape index (κ3) is 2.51. The van der Waals surface area contributed by atoms with E-state index in [0.717, 1.165) is 39.2 Å². The van der Waals surface area contributed by atoms with Gasteiger partial charge in [0.2, 0.25) is 0 Å². The number of rotatable bonds is 2. The van der Waals surface area contributed by atoms with Crippen molar-refractivity contribution in [3.8, 4) is 5.75 Å². The minimum Gasteiger partial charge on any atom is -0.493 e. The first-order valence-electron chi connectivity index (χ1n) is 6.64. The molecule has 104 valence electrons. The van der Waals surface area contributed by atoms with E-state index in [0.29, 0.717) is 11.8 Å². The van der Waals surface area contributed by atoms with Crippen molar-refractivity contribution in [3.63, 3.8) is 0 Å². The van der Waals surface area contributed by atoms with E-state index in [1.807, 2.05) is 18.2 Å². The fraction of sp³-hybridized carbons (Fsp3) is 0.333. The van der Waals surface area contributed by atoms with Gasteiger partial charge in [-0.3, -0.25) is 0 Å². The molecule has 0 aliphatic carbocycles. The van der Waals surface area contributed by atoms with Gasteiger partial charge >= 0.3 is 0 Å². The molecule has 0 radical (unpaired) electrons. The molecule has 0 fully saturated rings. The van der Waals surface area contributed by atoms with Gasteiger partial charge in [-0.15, -0.1) is 0 Å². The van der Waals surface area contributed by atoms with E-state index in [1.54, 1.807) is 0 Å². The largest absolute Gasteiger partial charge is 0.493 e. The van der Waals surface area contributed by atoms with E-state index in [4.69, 9.17) is 21.3 Å². The first-order chi connectivity index (χ1) is 9.70. The number of aryl methyl sites for hydroxylation is 1. The smallest absolute Gasteiger partial charge is 0.146 e. The Morgan fingerprint density at radius 1 is 1.35 bits per heavy atom. The Kier molecular flexibility index (Phi) is 4.12. The Balaban J connectivity index is 2.09. The molecule has 5 heteroatoms. The highest BCUT2D eigenvalue weighted by molar-refractivity contribution is 14.1. The number of ether oxygens (including phenoxy) is 1. The number of fused-ring (bicyclic) bond motifs is 1. The number of halogens is 2. The summed E-state index contributed by atoms with van der Waals surface area (Å²) in [5.41, 5.74) is 2.17. The van der Waals surface area contributed by atoms with Crippen molar-refractivity contribution in [2.24, 2.45) is 0 Å². The van der Waals surface area contributed by atoms with Crippen molar-refractivity contribution in [1.29, 1.82) is 0 Å². The van der Waals surface area contributed by atoms with Gasteiger partial charge in [-0.2, -0.15) is 0 Å². The van der Waals surface area contributed by atoms with Crippen LogP contribution in [0.3, 0.4) is 0 Å². The fourth-order valence-corrected chi connectivity index (χ4v) is 3.30. The van der Waals surface area contributed by atoms with Crippen LogP contribution in [0.25, 0.3) is 0 Å². The van der Waals surface area contributed by atoms with E-state index in [2.05, 4.69) is 40.6 Å². The molecule has 0 bridgehead atoms. The van der Waals surface area contributed by atoms with E-state index in [1.165, 1.54) is 0 Å². The quantitative estimate of drug-likeness (QED) is 0.559. The predicted molar refractivity (Wildman–Crippen MR) is 87.5 cm³/mol. The number of hydrogen-bond donors (Lipinski definition) is 0. The average molecular weight is 401 g/mol. The van der Waals surface area contributed by atoms with E-state index in [-0.39, 0.29) is 5.92 Å². The first kappa shape index (κ1) is 14.1. The van der Waals surface area contributed by atoms with Crippen molar-refractivity contribution in [3.05, 3.63) is 50.1 Å². The van der Waals surface area contributed by atoms with Crippen LogP contribution in [0, 0.1) is 3.57 Å². The highest BCUT2D eigenvalue weighted by Gasteiger charge is 2.26. The van der Waals surface area contributed by atoms with Crippen molar-refractivity contribution < 1.29 is 4.74 Å². The molecule has 2 heterocycles. The molecule has 0 N–H and O–H groups in total. The monoisotopic (exact) mass is 400 g/mol. The summed E-state index contributed by atoms with van der Waals surface area (Å²) in [6.45, 7) is 2.78. The number of aromatic nitrogens is 2. The van der Waals surface area contributed by atoms with Crippen LogP contribution in [0.15, 0.2) is 24.3 Å². The lowest BCUT2D eigenvalue weighted by Gasteiger charge is -2.25. The Morgan fingerprint density at radius 2 is 2.15 bits per heavy atom. The van der Waals surface area contributed by atoms with Crippen molar-refractivity contribution in [2.45, 2.75) is 25.7 Å². The molecule has 0 amide bonds. The maximum Gasteiger partial charge on any atom is 0.146 e. The normalized spacial score (nSPS) is 17.4. The van der Waals surface area contributed by atoms with E-state index in [9.17, 15) is 0 Å². The van der Waals surface area contributed by atoms with Crippen LogP contribution < -0.4 is 4.74 Å². The van der Waals surface area contributed by atoms with Crippen LogP contribution in [-0.2, 0) is 6.42 Å². The van der Waals surface area contributed by atoms with Crippen LogP contribution in [0.4, 0.5) is 0 Å². The van der Waals surface area contributed by atoms with Gasteiger partial charge in [0.05, 0.1) is 21.8 Å². The van der Waals surface area contributed by atoms with Crippen LogP contribution in [0.2, 0.25) is 5.15 Å². The molecule has 1 atom stereocenters. The van der Waals surface area contributed by atoms with Crippen molar-refractivity contribution >= 4 is 34.2 Å². The molecule has 1 aliphatic heterocycles. The molecule has 1 aromatic carbocycles. The first-order valence-corrected chi connectivity index (χ1v) is 8.10. The Bertz CT molecular complexity index is 648. The van der Waals surface area contributed by atoms with Crippen molar-refractivity contribution in [1.82, 2.24) is 9.97 Å². The summed E-state index contributed by atoms with van der Waals surface area (Å²) >= 11 is 8.47. The average Bonchev–Trinajstić information content (AvgIpc) is 2.49. The van der Waals surface area contributed by atoms with Gasteiger partial charge in [0, 0.05) is 5.56 Å². The van der Waals surface area contributed by atoms with Gasteiger partial charge in [-0.25, -0.2) is 9.97 Å². The molecule has 3 nitrogen and oxygen atoms in total. The predicted octanol–water partition coefficient (Wildman–Crippen LogP) is 4.21. The van der Waals surface area contributed by atoms with Crippen LogP contribution in [-0.4, -0.2) is 16.6 Å². The third-order valence-corrected chi connectivity index (χ3v) is 5.23. The highest BCUT2D eigenvalue weighted by atomic mass is 127. The molecule has 2 aromatic rings. The molecule has 3 rings (SSSR count). The molecule has 1 aromatic heterocycles. The minimum absolute atomic E-state index is 0.166. The van der Waals surface area contributed by atoms with E-state index < -0.39 is 0 Å². The minimum atomic E-state index is 0.166. The molecule has 0 saturated heterocycles. The maximum atomic E-state index is 6.25. The van der Waals surface area contributed by atoms with Crippen LogP contribution in [0.1, 0.15) is 36.3 Å². The molecular weight excluding hydrogens is 387 g/mol. The lowest BCUT2D eigenvalue weighted by atomic mass is 9.92. The molecule has 0 saturated carbocycles. The highest BCUT2D eigenvalue weighted by Crippen LogP contribution is 2.37. The Morgan fingerprint density at radius 3 is 2.95 bits per heavy atom. The SMILES string of the molecule is CCc1nc(C2CCOc3ccccc32)nc(Cl)c1I. The zero-order valence-electron chi connectivity index (χ0n) is 11.1. The summed E-state index contributed by atoms with van der Waals surface area (Å²) in [4.78, 5) is 9.21. The second-order valence-corrected chi connectivity index (χ2v) is 6.15. The molecule has 1 aliphatic rings. The maximum absolute atomic E-state index is 6.25. The molecular formula is C15H14ClIN2O. The summed E-state index contributed by atoms with van der Waals surface area (Å²) in [6, 6.07) is 8.09. The van der Waals surface area contributed by atoms with Gasteiger partial charge in [-0.1, -0.05) is 36.7 Å². The summed E-state index contributed by atoms with van der Waals surface area (Å²) < 4.78 is 6.65. The zero-order valence-corrected chi connectivity index (χ0v) is 14.0. The third-order valence-electron chi connectivity index (χ3n) is 3.50. The van der Waals surface area contributed by atoms with Gasteiger partial charge in [0.1, 0.15) is 16.7 Å². The summed E-state index contributed by atoms with van der Waals surface area (Å²) in [5, 5.41) is 0.552. The second kappa shape index (κ2) is 5.85. The van der Waals surface area contributed by atoms with Gasteiger partial charge in [0.15, 0.2) is 0 Å².